The van der Waals surface area contributed by atoms with Gasteiger partial charge in [0.15, 0.2) is 5.16 Å². The van der Waals surface area contributed by atoms with Crippen LogP contribution in [0.4, 0.5) is 0 Å². The first kappa shape index (κ1) is 26.2. The number of aliphatic carboxylic acids is 1. The van der Waals surface area contributed by atoms with Gasteiger partial charge in [-0.15, -0.1) is 11.8 Å². The van der Waals surface area contributed by atoms with Crippen molar-refractivity contribution in [2.24, 2.45) is 5.92 Å². The Bertz CT molecular complexity index is 1130. The van der Waals surface area contributed by atoms with Gasteiger partial charge in [0.25, 0.3) is 5.91 Å². The number of carbonyl (C=O) groups excluding carboxylic acids is 3. The molecule has 0 aromatic carbocycles. The van der Waals surface area contributed by atoms with Crippen molar-refractivity contribution < 1.29 is 55.3 Å². The summed E-state index contributed by atoms with van der Waals surface area (Å²) in [6.07, 6.45) is 6.50. The minimum Gasteiger partial charge on any atom is -1.00 e. The normalized spacial score (nSPS) is 24.7. The van der Waals surface area contributed by atoms with Crippen molar-refractivity contribution >= 4 is 47.2 Å². The smallest absolute Gasteiger partial charge is 1.00 e. The Kier molecular flexibility index (Phi) is 8.26. The van der Waals surface area contributed by atoms with E-state index >= 15 is 0 Å². The number of hydrogen-bond donors (Lipinski definition) is 3. The number of fused-ring (bicyclic) bond motifs is 1. The molecule has 13 heteroatoms. The fourth-order valence-electron chi connectivity index (χ4n) is 4.40. The Morgan fingerprint density at radius 2 is 2.03 bits per heavy atom. The molecule has 5 rings (SSSR count). The summed E-state index contributed by atoms with van der Waals surface area (Å²) in [5.41, 5.74) is 1.91. The van der Waals surface area contributed by atoms with E-state index in [0.29, 0.717) is 47.4 Å². The molecule has 0 spiro atoms. The summed E-state index contributed by atoms with van der Waals surface area (Å²) in [6.45, 7) is 0.538. The minimum absolute atomic E-state index is 0. The summed E-state index contributed by atoms with van der Waals surface area (Å²) >= 11 is 2.58. The number of β-lactam (4-membered cyclic amide) rings is 1. The molecule has 2 saturated heterocycles. The van der Waals surface area contributed by atoms with Crippen molar-refractivity contribution in [2.75, 3.05) is 18.1 Å². The second-order valence-corrected chi connectivity index (χ2v) is 10.6. The van der Waals surface area contributed by atoms with E-state index in [9.17, 15) is 24.3 Å². The van der Waals surface area contributed by atoms with Gasteiger partial charge in [-0.25, -0.2) is 14.8 Å². The van der Waals surface area contributed by atoms with Crippen LogP contribution >= 0.6 is 23.5 Å². The van der Waals surface area contributed by atoms with Crippen LogP contribution in [0.5, 0.6) is 0 Å². The molecule has 4 heterocycles. The van der Waals surface area contributed by atoms with E-state index in [-0.39, 0.29) is 54.2 Å². The third-order valence-corrected chi connectivity index (χ3v) is 8.37. The van der Waals surface area contributed by atoms with Crippen LogP contribution in [0.15, 0.2) is 46.0 Å². The quantitative estimate of drug-likeness (QED) is 0.116. The van der Waals surface area contributed by atoms with Gasteiger partial charge >= 0.3 is 35.5 Å². The summed E-state index contributed by atoms with van der Waals surface area (Å²) in [5.74, 6) is -1.28. The van der Waals surface area contributed by atoms with Crippen LogP contribution in [0.2, 0.25) is 0 Å². The fraction of sp³-hybridized carbons (Fsp3) is 0.455. The van der Waals surface area contributed by atoms with Crippen molar-refractivity contribution in [1.29, 1.82) is 0 Å². The predicted molar refractivity (Wildman–Crippen MR) is 126 cm³/mol. The van der Waals surface area contributed by atoms with Crippen LogP contribution in [-0.4, -0.2) is 73.1 Å². The van der Waals surface area contributed by atoms with Crippen LogP contribution in [0.25, 0.3) is 0 Å². The molecule has 3 aliphatic heterocycles. The Morgan fingerprint density at radius 1 is 1.29 bits per heavy atom. The van der Waals surface area contributed by atoms with E-state index in [2.05, 4.69) is 20.6 Å². The van der Waals surface area contributed by atoms with Crippen LogP contribution in [0, 0.1) is 5.92 Å². The van der Waals surface area contributed by atoms with E-state index in [4.69, 9.17) is 0 Å². The Morgan fingerprint density at radius 3 is 2.66 bits per heavy atom. The number of nitrogens with one attached hydrogen (secondary N) is 2. The van der Waals surface area contributed by atoms with E-state index < -0.39 is 23.3 Å². The van der Waals surface area contributed by atoms with Gasteiger partial charge in [0.1, 0.15) is 17.1 Å². The first-order valence-electron chi connectivity index (χ1n) is 11.0. The zero-order valence-electron chi connectivity index (χ0n) is 20.2. The number of amides is 3. The van der Waals surface area contributed by atoms with Crippen LogP contribution in [0.1, 0.15) is 27.1 Å². The van der Waals surface area contributed by atoms with E-state index in [1.807, 2.05) is 0 Å². The molecule has 10 nitrogen and oxygen atoms in total. The Hall–Kier alpha value is -1.86. The molecular formula is C22H24N5NaO5S2. The third kappa shape index (κ3) is 5.46. The van der Waals surface area contributed by atoms with Gasteiger partial charge in [-0.05, 0) is 48.8 Å². The molecule has 1 aromatic heterocycles. The molecule has 35 heavy (non-hydrogen) atoms. The van der Waals surface area contributed by atoms with Gasteiger partial charge in [0.2, 0.25) is 11.8 Å². The maximum Gasteiger partial charge on any atom is 1.00 e. The van der Waals surface area contributed by atoms with Crippen LogP contribution in [0.3, 0.4) is 0 Å². The van der Waals surface area contributed by atoms with Gasteiger partial charge in [-0.3, -0.25) is 19.3 Å². The van der Waals surface area contributed by atoms with Crippen molar-refractivity contribution in [3.63, 3.8) is 0 Å². The second-order valence-electron chi connectivity index (χ2n) is 8.52. The zero-order valence-corrected chi connectivity index (χ0v) is 22.8. The first-order chi connectivity index (χ1) is 16.4. The van der Waals surface area contributed by atoms with Crippen molar-refractivity contribution in [1.82, 2.24) is 25.5 Å². The molecule has 1 aromatic rings. The molecule has 0 bridgehead atoms. The average molecular weight is 526 g/mol. The fourth-order valence-corrected chi connectivity index (χ4v) is 6.40. The molecule has 2 atom stereocenters. The van der Waals surface area contributed by atoms with Gasteiger partial charge in [-0.2, -0.15) is 0 Å². The van der Waals surface area contributed by atoms with Crippen LogP contribution < -0.4 is 40.2 Å². The number of thioether (sulfide) groups is 2. The van der Waals surface area contributed by atoms with Gasteiger partial charge in [-0.1, -0.05) is 11.8 Å². The minimum atomic E-state index is -1.19. The number of aromatic nitrogens is 2. The van der Waals surface area contributed by atoms with Gasteiger partial charge < -0.3 is 17.2 Å². The number of carbonyl (C=O) groups is 4. The maximum atomic E-state index is 13.0. The second kappa shape index (κ2) is 11.0. The molecule has 0 radical (unpaired) electrons. The summed E-state index contributed by atoms with van der Waals surface area (Å²) in [7, 11) is 0. The molecule has 1 aliphatic carbocycles. The molecule has 3 fully saturated rings. The predicted octanol–water partition coefficient (Wildman–Crippen LogP) is -1.96. The molecule has 3 N–H and O–H groups in total. The van der Waals surface area contributed by atoms with Crippen molar-refractivity contribution in [2.45, 2.75) is 42.3 Å². The standard InChI is InChI=1S/C22H23N5O5S2.Na.H/c28-15(10-34-22-24-5-1-6-25-22)26-16-19(30)27-17(21(31)32)14(9-33-20(16)27)13(8-11-2-3-11)12-4-7-23-18(12)29;;/h1,5-6,11,16,20H,2-4,7-10H2,(H,23,29)(H,26,28)(H,31,32);;/q;+1;-1/t16-,20-;;/m1../s1. The number of carboxylic acids is 1. The molecule has 0 unspecified atom stereocenters. The maximum absolute atomic E-state index is 13.0. The third-order valence-electron chi connectivity index (χ3n) is 6.21. The number of hydrogen-bond acceptors (Lipinski definition) is 8. The Labute approximate surface area is 233 Å². The van der Waals surface area contributed by atoms with Gasteiger partial charge in [0, 0.05) is 30.3 Å². The van der Waals surface area contributed by atoms with Gasteiger partial charge in [0.05, 0.1) is 5.75 Å². The summed E-state index contributed by atoms with van der Waals surface area (Å²) in [6, 6.07) is 0.888. The topological polar surface area (TPSA) is 142 Å². The van der Waals surface area contributed by atoms with E-state index in [1.54, 1.807) is 18.5 Å². The van der Waals surface area contributed by atoms with Crippen LogP contribution in [-0.2, 0) is 19.2 Å². The summed E-state index contributed by atoms with van der Waals surface area (Å²) < 4.78 is 0. The number of allylic oxidation sites excluding steroid dienone is 1. The first-order valence-corrected chi connectivity index (χ1v) is 13.1. The zero-order chi connectivity index (χ0) is 23.8. The summed E-state index contributed by atoms with van der Waals surface area (Å²) in [4.78, 5) is 59.5. The molecule has 1 saturated carbocycles. The van der Waals surface area contributed by atoms with Crippen molar-refractivity contribution in [3.8, 4) is 0 Å². The van der Waals surface area contributed by atoms with Crippen molar-refractivity contribution in [3.05, 3.63) is 40.9 Å². The monoisotopic (exact) mass is 525 g/mol. The average Bonchev–Trinajstić information content (AvgIpc) is 3.57. The van der Waals surface area contributed by atoms with E-state index in [0.717, 1.165) is 30.2 Å². The largest absolute Gasteiger partial charge is 1.00 e. The summed E-state index contributed by atoms with van der Waals surface area (Å²) in [5, 5.41) is 15.5. The Balaban J connectivity index is 0.00000180. The molecule has 180 valence electrons. The molecule has 4 aliphatic rings. The number of rotatable bonds is 8. The number of carboxylic acid groups (broad SMARTS) is 1. The SMILES string of the molecule is O=C(CSc1ncccn1)N[C@@H]1C(=O)N2C(C(=O)O)=C(C(CC3CC3)=C3CCNC3=O)CS[C@H]12.[H-].[Na+]. The molecule has 3 amide bonds. The van der Waals surface area contributed by atoms with E-state index in [1.165, 1.54) is 16.7 Å². The molecular weight excluding hydrogens is 501 g/mol. The number of nitrogens with zero attached hydrogens (tertiary/aromatic N) is 3.